The average molecular weight is 355 g/mol. The maximum absolute atomic E-state index is 12.6. The van der Waals surface area contributed by atoms with Crippen molar-refractivity contribution >= 4 is 5.91 Å². The van der Waals surface area contributed by atoms with Crippen molar-refractivity contribution in [3.8, 4) is 23.0 Å². The third-order valence-corrected chi connectivity index (χ3v) is 4.42. The molecule has 1 N–H and O–H groups in total. The average Bonchev–Trinajstić information content (AvgIpc) is 2.92. The quantitative estimate of drug-likeness (QED) is 0.916. The maximum atomic E-state index is 12.6. The molecule has 0 fully saturated rings. The van der Waals surface area contributed by atoms with E-state index in [2.05, 4.69) is 5.32 Å². The zero-order valence-electron chi connectivity index (χ0n) is 14.6. The van der Waals surface area contributed by atoms with Crippen LogP contribution in [0.5, 0.6) is 23.0 Å². The Labute approximate surface area is 152 Å². The van der Waals surface area contributed by atoms with Gasteiger partial charge in [-0.25, -0.2) is 0 Å². The van der Waals surface area contributed by atoms with Crippen molar-refractivity contribution in [1.29, 1.82) is 0 Å². The molecule has 2 aliphatic rings. The molecule has 2 aromatic carbocycles. The van der Waals surface area contributed by atoms with Crippen molar-refractivity contribution in [3.05, 3.63) is 47.5 Å². The first-order chi connectivity index (χ1) is 12.7. The van der Waals surface area contributed by atoms with Crippen LogP contribution >= 0.6 is 0 Å². The normalized spacial score (nSPS) is 16.3. The Hall–Kier alpha value is -2.89. The fraction of sp³-hybridized carbons (Fsp3) is 0.350. The van der Waals surface area contributed by atoms with E-state index in [1.165, 1.54) is 0 Å². The number of carbonyl (C=O) groups is 1. The molecule has 1 amide bonds. The zero-order chi connectivity index (χ0) is 17.9. The summed E-state index contributed by atoms with van der Waals surface area (Å²) in [6, 6.07) is 10.8. The SMILES string of the molecule is C[C@@H](NC(=O)c1ccc2c(c1)OCCO2)c1ccc2c(c1)OCCCO2. The van der Waals surface area contributed by atoms with E-state index in [4.69, 9.17) is 18.9 Å². The molecule has 136 valence electrons. The first-order valence-electron chi connectivity index (χ1n) is 8.81. The van der Waals surface area contributed by atoms with E-state index in [-0.39, 0.29) is 11.9 Å². The lowest BCUT2D eigenvalue weighted by Gasteiger charge is -2.20. The highest BCUT2D eigenvalue weighted by Gasteiger charge is 2.18. The molecule has 0 saturated carbocycles. The Balaban J connectivity index is 1.48. The van der Waals surface area contributed by atoms with Gasteiger partial charge < -0.3 is 24.3 Å². The molecule has 2 aromatic rings. The minimum atomic E-state index is -0.173. The van der Waals surface area contributed by atoms with Gasteiger partial charge in [-0.15, -0.1) is 0 Å². The summed E-state index contributed by atoms with van der Waals surface area (Å²) in [6.45, 7) is 4.25. The lowest BCUT2D eigenvalue weighted by atomic mass is 10.1. The first-order valence-corrected chi connectivity index (χ1v) is 8.81. The van der Waals surface area contributed by atoms with Crippen molar-refractivity contribution in [1.82, 2.24) is 5.32 Å². The Morgan fingerprint density at radius 1 is 0.846 bits per heavy atom. The van der Waals surface area contributed by atoms with Gasteiger partial charge in [0.15, 0.2) is 23.0 Å². The largest absolute Gasteiger partial charge is 0.490 e. The highest BCUT2D eigenvalue weighted by atomic mass is 16.6. The molecule has 26 heavy (non-hydrogen) atoms. The van der Waals surface area contributed by atoms with Crippen LogP contribution in [-0.2, 0) is 0 Å². The molecule has 0 radical (unpaired) electrons. The second kappa shape index (κ2) is 7.15. The standard InChI is InChI=1S/C20H21NO5/c1-13(14-3-5-16-18(11-14)24-8-2-7-23-16)21-20(22)15-4-6-17-19(12-15)26-10-9-25-17/h3-6,11-13H,2,7-10H2,1H3,(H,21,22)/t13-/m1/s1. The van der Waals surface area contributed by atoms with E-state index in [0.717, 1.165) is 23.5 Å². The molecular formula is C20H21NO5. The molecule has 6 heteroatoms. The van der Waals surface area contributed by atoms with Gasteiger partial charge in [0.1, 0.15) is 13.2 Å². The third kappa shape index (κ3) is 3.40. The van der Waals surface area contributed by atoms with Crippen LogP contribution in [0.25, 0.3) is 0 Å². The number of nitrogens with one attached hydrogen (secondary N) is 1. The summed E-state index contributed by atoms with van der Waals surface area (Å²) in [5, 5.41) is 3.01. The molecule has 0 spiro atoms. The smallest absolute Gasteiger partial charge is 0.251 e. The number of rotatable bonds is 3. The van der Waals surface area contributed by atoms with Gasteiger partial charge in [0, 0.05) is 12.0 Å². The zero-order valence-corrected chi connectivity index (χ0v) is 14.6. The second-order valence-electron chi connectivity index (χ2n) is 6.31. The number of hydrogen-bond donors (Lipinski definition) is 1. The number of ether oxygens (including phenoxy) is 4. The van der Waals surface area contributed by atoms with Gasteiger partial charge in [0.05, 0.1) is 19.3 Å². The summed E-state index contributed by atoms with van der Waals surface area (Å²) in [4.78, 5) is 12.6. The number of amides is 1. The van der Waals surface area contributed by atoms with E-state index < -0.39 is 0 Å². The molecule has 6 nitrogen and oxygen atoms in total. The summed E-state index contributed by atoms with van der Waals surface area (Å²) < 4.78 is 22.4. The highest BCUT2D eigenvalue weighted by Crippen LogP contribution is 2.33. The molecule has 0 aliphatic carbocycles. The van der Waals surface area contributed by atoms with Crippen LogP contribution in [0.2, 0.25) is 0 Å². The topological polar surface area (TPSA) is 66.0 Å². The van der Waals surface area contributed by atoms with Crippen LogP contribution < -0.4 is 24.3 Å². The van der Waals surface area contributed by atoms with Crippen molar-refractivity contribution in [2.75, 3.05) is 26.4 Å². The minimum Gasteiger partial charge on any atom is -0.490 e. The van der Waals surface area contributed by atoms with Crippen LogP contribution in [0.15, 0.2) is 36.4 Å². The predicted octanol–water partition coefficient (Wildman–Crippen LogP) is 3.11. The summed E-state index contributed by atoms with van der Waals surface area (Å²) in [6.07, 6.45) is 0.862. The maximum Gasteiger partial charge on any atom is 0.251 e. The van der Waals surface area contributed by atoms with Crippen molar-refractivity contribution in [3.63, 3.8) is 0 Å². The highest BCUT2D eigenvalue weighted by molar-refractivity contribution is 5.95. The molecule has 0 aromatic heterocycles. The monoisotopic (exact) mass is 355 g/mol. The molecule has 0 unspecified atom stereocenters. The minimum absolute atomic E-state index is 0.165. The van der Waals surface area contributed by atoms with Gasteiger partial charge in [-0.1, -0.05) is 6.07 Å². The number of hydrogen-bond acceptors (Lipinski definition) is 5. The van der Waals surface area contributed by atoms with Crippen molar-refractivity contribution < 1.29 is 23.7 Å². The predicted molar refractivity (Wildman–Crippen MR) is 95.4 cm³/mol. The van der Waals surface area contributed by atoms with Crippen molar-refractivity contribution in [2.45, 2.75) is 19.4 Å². The number of benzene rings is 2. The third-order valence-electron chi connectivity index (χ3n) is 4.42. The number of carbonyl (C=O) groups excluding carboxylic acids is 1. The van der Waals surface area contributed by atoms with Crippen LogP contribution in [0.4, 0.5) is 0 Å². The second-order valence-corrected chi connectivity index (χ2v) is 6.31. The Bertz CT molecular complexity index is 820. The molecule has 1 atom stereocenters. The van der Waals surface area contributed by atoms with E-state index >= 15 is 0 Å². The van der Waals surface area contributed by atoms with E-state index in [1.54, 1.807) is 18.2 Å². The number of fused-ring (bicyclic) bond motifs is 2. The lowest BCUT2D eigenvalue weighted by molar-refractivity contribution is 0.0938. The van der Waals surface area contributed by atoms with Crippen LogP contribution in [0, 0.1) is 0 Å². The van der Waals surface area contributed by atoms with E-state index in [1.807, 2.05) is 25.1 Å². The Morgan fingerprint density at radius 3 is 2.27 bits per heavy atom. The molecule has 2 aliphatic heterocycles. The van der Waals surface area contributed by atoms with Crippen molar-refractivity contribution in [2.24, 2.45) is 0 Å². The van der Waals surface area contributed by atoms with Gasteiger partial charge in [0.25, 0.3) is 5.91 Å². The van der Waals surface area contributed by atoms with Crippen LogP contribution in [0.1, 0.15) is 35.3 Å². The van der Waals surface area contributed by atoms with Crippen LogP contribution in [-0.4, -0.2) is 32.3 Å². The summed E-state index contributed by atoms with van der Waals surface area (Å²) >= 11 is 0. The Morgan fingerprint density at radius 2 is 1.46 bits per heavy atom. The molecule has 0 saturated heterocycles. The van der Waals surface area contributed by atoms with Crippen LogP contribution in [0.3, 0.4) is 0 Å². The molecule has 0 bridgehead atoms. The van der Waals surface area contributed by atoms with E-state index in [0.29, 0.717) is 43.5 Å². The van der Waals surface area contributed by atoms with Gasteiger partial charge in [-0.3, -0.25) is 4.79 Å². The van der Waals surface area contributed by atoms with Gasteiger partial charge in [-0.05, 0) is 42.8 Å². The summed E-state index contributed by atoms with van der Waals surface area (Å²) in [5.41, 5.74) is 1.50. The van der Waals surface area contributed by atoms with Gasteiger partial charge in [0.2, 0.25) is 0 Å². The van der Waals surface area contributed by atoms with Gasteiger partial charge >= 0.3 is 0 Å². The fourth-order valence-electron chi connectivity index (χ4n) is 3.00. The molecule has 4 rings (SSSR count). The Kier molecular flexibility index (Phi) is 4.56. The first kappa shape index (κ1) is 16.6. The molecular weight excluding hydrogens is 334 g/mol. The summed E-state index contributed by atoms with van der Waals surface area (Å²) in [7, 11) is 0. The van der Waals surface area contributed by atoms with Gasteiger partial charge in [-0.2, -0.15) is 0 Å². The summed E-state index contributed by atoms with van der Waals surface area (Å²) in [5.74, 6) is 2.58. The fourth-order valence-corrected chi connectivity index (χ4v) is 3.00. The lowest BCUT2D eigenvalue weighted by Crippen LogP contribution is -2.27. The molecule has 2 heterocycles. The van der Waals surface area contributed by atoms with E-state index in [9.17, 15) is 4.79 Å².